The summed E-state index contributed by atoms with van der Waals surface area (Å²) >= 11 is 0. The van der Waals surface area contributed by atoms with Gasteiger partial charge in [-0.15, -0.1) is 0 Å². The van der Waals surface area contributed by atoms with E-state index in [9.17, 15) is 23.2 Å². The lowest BCUT2D eigenvalue weighted by molar-refractivity contribution is -0.121. The van der Waals surface area contributed by atoms with Gasteiger partial charge in [-0.3, -0.25) is 14.2 Å². The number of aromatic nitrogens is 2. The van der Waals surface area contributed by atoms with Crippen LogP contribution in [-0.4, -0.2) is 35.7 Å². The fourth-order valence-electron chi connectivity index (χ4n) is 2.95. The predicted molar refractivity (Wildman–Crippen MR) is 105 cm³/mol. The molecule has 0 aliphatic rings. The molecule has 0 fully saturated rings. The Morgan fingerprint density at radius 3 is 2.67 bits per heavy atom. The Hall–Kier alpha value is -3.69. The van der Waals surface area contributed by atoms with Crippen molar-refractivity contribution in [3.8, 4) is 11.5 Å². The molecule has 0 aliphatic heterocycles. The molecule has 0 aliphatic carbocycles. The highest BCUT2D eigenvalue weighted by Crippen LogP contribution is 2.29. The van der Waals surface area contributed by atoms with Crippen LogP contribution in [0.2, 0.25) is 0 Å². The number of carbonyl (C=O) groups excluding carboxylic acids is 1. The topological polar surface area (TPSA) is 102 Å². The first kappa shape index (κ1) is 21.0. The number of halogens is 2. The molecule has 8 nitrogen and oxygen atoms in total. The number of H-pyrrole nitrogens is 1. The number of amides is 1. The fourth-order valence-corrected chi connectivity index (χ4v) is 2.95. The summed E-state index contributed by atoms with van der Waals surface area (Å²) in [4.78, 5) is 39.3. The number of benzene rings is 2. The first-order valence-corrected chi connectivity index (χ1v) is 8.99. The molecule has 158 valence electrons. The van der Waals surface area contributed by atoms with Crippen LogP contribution in [0.15, 0.2) is 52.1 Å². The lowest BCUT2D eigenvalue weighted by Gasteiger charge is -2.12. The minimum Gasteiger partial charge on any atom is -0.493 e. The zero-order chi connectivity index (χ0) is 21.7. The van der Waals surface area contributed by atoms with Crippen LogP contribution in [0.1, 0.15) is 5.56 Å². The minimum absolute atomic E-state index is 0.106. The molecule has 0 spiro atoms. The van der Waals surface area contributed by atoms with Gasteiger partial charge in [-0.05, 0) is 36.2 Å². The summed E-state index contributed by atoms with van der Waals surface area (Å²) in [7, 11) is 1.34. The smallest absolute Gasteiger partial charge is 0.387 e. The molecule has 30 heavy (non-hydrogen) atoms. The third-order valence-corrected chi connectivity index (χ3v) is 4.37. The van der Waals surface area contributed by atoms with Crippen molar-refractivity contribution in [2.24, 2.45) is 0 Å². The van der Waals surface area contributed by atoms with E-state index < -0.39 is 30.3 Å². The highest BCUT2D eigenvalue weighted by Gasteiger charge is 2.13. The fraction of sp³-hybridized carbons (Fsp3) is 0.250. The van der Waals surface area contributed by atoms with Crippen LogP contribution < -0.4 is 26.0 Å². The van der Waals surface area contributed by atoms with Crippen LogP contribution in [0.4, 0.5) is 8.78 Å². The van der Waals surface area contributed by atoms with Gasteiger partial charge in [0.1, 0.15) is 6.54 Å². The highest BCUT2D eigenvalue weighted by atomic mass is 19.3. The number of hydrogen-bond acceptors (Lipinski definition) is 5. The average Bonchev–Trinajstić information content (AvgIpc) is 2.71. The van der Waals surface area contributed by atoms with Crippen molar-refractivity contribution in [2.45, 2.75) is 19.6 Å². The third kappa shape index (κ3) is 4.83. The Balaban J connectivity index is 1.64. The number of para-hydroxylation sites is 1. The molecule has 1 aromatic heterocycles. The van der Waals surface area contributed by atoms with E-state index in [4.69, 9.17) is 4.74 Å². The van der Waals surface area contributed by atoms with E-state index >= 15 is 0 Å². The molecule has 1 heterocycles. The monoisotopic (exact) mass is 419 g/mol. The minimum atomic E-state index is -2.99. The standard InChI is InChI=1S/C20H19F2N3O5/c1-29-15-7-6-12(10-16(15)30-19(21)22)8-9-23-17(26)11-25-18(27)13-4-2-3-5-14(13)24-20(25)28/h2-7,10,19H,8-9,11H2,1H3,(H,23,26)(H,24,28). The lowest BCUT2D eigenvalue weighted by atomic mass is 10.1. The molecular formula is C20H19F2N3O5. The van der Waals surface area contributed by atoms with E-state index in [0.29, 0.717) is 22.9 Å². The van der Waals surface area contributed by atoms with E-state index in [1.54, 1.807) is 30.3 Å². The van der Waals surface area contributed by atoms with Gasteiger partial charge in [0.25, 0.3) is 5.56 Å². The van der Waals surface area contributed by atoms with E-state index in [2.05, 4.69) is 15.0 Å². The molecule has 0 unspecified atom stereocenters. The molecule has 2 aromatic carbocycles. The predicted octanol–water partition coefficient (Wildman–Crippen LogP) is 1.66. The highest BCUT2D eigenvalue weighted by molar-refractivity contribution is 5.78. The van der Waals surface area contributed by atoms with Gasteiger partial charge in [-0.1, -0.05) is 18.2 Å². The van der Waals surface area contributed by atoms with Gasteiger partial charge >= 0.3 is 12.3 Å². The van der Waals surface area contributed by atoms with Crippen LogP contribution in [0, 0.1) is 0 Å². The first-order valence-electron chi connectivity index (χ1n) is 8.99. The second-order valence-corrected chi connectivity index (χ2v) is 6.33. The van der Waals surface area contributed by atoms with Gasteiger partial charge in [0, 0.05) is 6.54 Å². The van der Waals surface area contributed by atoms with Crippen molar-refractivity contribution in [3.63, 3.8) is 0 Å². The number of fused-ring (bicyclic) bond motifs is 1. The second-order valence-electron chi connectivity index (χ2n) is 6.33. The number of nitrogens with zero attached hydrogens (tertiary/aromatic N) is 1. The maximum absolute atomic E-state index is 12.5. The van der Waals surface area contributed by atoms with Crippen molar-refractivity contribution >= 4 is 16.8 Å². The lowest BCUT2D eigenvalue weighted by Crippen LogP contribution is -2.41. The summed E-state index contributed by atoms with van der Waals surface area (Å²) in [6.07, 6.45) is 0.318. The normalized spacial score (nSPS) is 10.9. The first-order chi connectivity index (χ1) is 14.4. The number of carbonyl (C=O) groups is 1. The van der Waals surface area contributed by atoms with Crippen molar-refractivity contribution in [1.82, 2.24) is 14.9 Å². The summed E-state index contributed by atoms with van der Waals surface area (Å²) < 4.78 is 35.2. The van der Waals surface area contributed by atoms with Crippen molar-refractivity contribution in [2.75, 3.05) is 13.7 Å². The Morgan fingerprint density at radius 2 is 1.93 bits per heavy atom. The molecule has 10 heteroatoms. The Morgan fingerprint density at radius 1 is 1.17 bits per heavy atom. The van der Waals surface area contributed by atoms with Gasteiger partial charge in [0.05, 0.1) is 18.0 Å². The maximum atomic E-state index is 12.5. The Bertz CT molecular complexity index is 1170. The molecular weight excluding hydrogens is 400 g/mol. The third-order valence-electron chi connectivity index (χ3n) is 4.37. The van der Waals surface area contributed by atoms with Gasteiger partial charge in [0.2, 0.25) is 5.91 Å². The summed E-state index contributed by atoms with van der Waals surface area (Å²) in [5.74, 6) is -0.473. The molecule has 0 saturated carbocycles. The number of aromatic amines is 1. The van der Waals surface area contributed by atoms with E-state index in [1.165, 1.54) is 19.2 Å². The second kappa shape index (κ2) is 9.21. The summed E-state index contributed by atoms with van der Waals surface area (Å²) in [5, 5.41) is 2.90. The van der Waals surface area contributed by atoms with Crippen molar-refractivity contribution in [1.29, 1.82) is 0 Å². The molecule has 0 atom stereocenters. The van der Waals surface area contributed by atoms with Gasteiger partial charge in [-0.25, -0.2) is 4.79 Å². The van der Waals surface area contributed by atoms with E-state index in [0.717, 1.165) is 4.57 Å². The molecule has 0 radical (unpaired) electrons. The van der Waals surface area contributed by atoms with Gasteiger partial charge < -0.3 is 19.8 Å². The summed E-state index contributed by atoms with van der Waals surface area (Å²) in [5.41, 5.74) is -0.218. The van der Waals surface area contributed by atoms with Gasteiger partial charge in [0.15, 0.2) is 11.5 Å². The van der Waals surface area contributed by atoms with Crippen LogP contribution in [0.3, 0.4) is 0 Å². The van der Waals surface area contributed by atoms with Crippen molar-refractivity contribution < 1.29 is 23.0 Å². The molecule has 2 N–H and O–H groups in total. The van der Waals surface area contributed by atoms with Crippen LogP contribution in [-0.2, 0) is 17.8 Å². The number of nitrogens with one attached hydrogen (secondary N) is 2. The SMILES string of the molecule is COc1ccc(CCNC(=O)Cn2c(=O)[nH]c3ccccc3c2=O)cc1OC(F)F. The van der Waals surface area contributed by atoms with Gasteiger partial charge in [-0.2, -0.15) is 8.78 Å². The van der Waals surface area contributed by atoms with Crippen LogP contribution in [0.5, 0.6) is 11.5 Å². The molecule has 3 rings (SSSR count). The Labute approximate surface area is 169 Å². The quantitative estimate of drug-likeness (QED) is 0.578. The zero-order valence-electron chi connectivity index (χ0n) is 16.0. The molecule has 1 amide bonds. The molecule has 0 saturated heterocycles. The van der Waals surface area contributed by atoms with Crippen LogP contribution in [0.25, 0.3) is 10.9 Å². The average molecular weight is 419 g/mol. The van der Waals surface area contributed by atoms with E-state index in [1.807, 2.05) is 0 Å². The largest absolute Gasteiger partial charge is 0.493 e. The summed E-state index contributed by atoms with van der Waals surface area (Å²) in [6, 6.07) is 11.0. The number of alkyl halides is 2. The number of ether oxygens (including phenoxy) is 2. The molecule has 0 bridgehead atoms. The van der Waals surface area contributed by atoms with E-state index in [-0.39, 0.29) is 18.0 Å². The maximum Gasteiger partial charge on any atom is 0.387 e. The summed E-state index contributed by atoms with van der Waals surface area (Å²) in [6.45, 7) is -3.27. The molecule has 3 aromatic rings. The zero-order valence-corrected chi connectivity index (χ0v) is 16.0. The number of hydrogen-bond donors (Lipinski definition) is 2. The van der Waals surface area contributed by atoms with Crippen LogP contribution >= 0.6 is 0 Å². The van der Waals surface area contributed by atoms with Crippen molar-refractivity contribution in [3.05, 3.63) is 68.9 Å². The Kier molecular flexibility index (Phi) is 6.45. The number of rotatable bonds is 8. The number of methoxy groups -OCH3 is 1.